The minimum atomic E-state index is -1.77. The van der Waals surface area contributed by atoms with Crippen molar-refractivity contribution in [3.63, 3.8) is 0 Å². The van der Waals surface area contributed by atoms with E-state index in [4.69, 9.17) is 0 Å². The lowest BCUT2D eigenvalue weighted by atomic mass is 9.86. The number of carbonyl (C=O) groups is 2. The van der Waals surface area contributed by atoms with Gasteiger partial charge in [-0.05, 0) is 37.5 Å². The van der Waals surface area contributed by atoms with Crippen LogP contribution in [-0.4, -0.2) is 16.8 Å². The lowest BCUT2D eigenvalue weighted by molar-refractivity contribution is -0.141. The summed E-state index contributed by atoms with van der Waals surface area (Å²) in [5, 5.41) is 11.1. The van der Waals surface area contributed by atoms with Gasteiger partial charge >= 0.3 is 0 Å². The van der Waals surface area contributed by atoms with Crippen LogP contribution in [0.5, 0.6) is 0 Å². The van der Waals surface area contributed by atoms with E-state index in [9.17, 15) is 14.7 Å². The monoisotopic (exact) mass is 323 g/mol. The fourth-order valence-corrected chi connectivity index (χ4v) is 3.54. The normalized spacial score (nSPS) is 19.5. The summed E-state index contributed by atoms with van der Waals surface area (Å²) in [5.74, 6) is -0.631. The average Bonchev–Trinajstić information content (AvgIpc) is 2.74. The van der Waals surface area contributed by atoms with Crippen molar-refractivity contribution in [1.29, 1.82) is 0 Å². The standard InChI is InChI=1S/C20H21NO3/c1-13-9-10-14(2)18-17(13)20(24,11-15(3)22)19(23)21(18)12-16-7-5-4-6-8-16/h4-10,24H,11-12H2,1-3H3/t20-/m0/s1. The number of benzene rings is 2. The summed E-state index contributed by atoms with van der Waals surface area (Å²) in [6.45, 7) is 5.55. The number of nitrogens with zero attached hydrogens (tertiary/aromatic N) is 1. The lowest BCUT2D eigenvalue weighted by Gasteiger charge is -2.22. The molecule has 1 aliphatic heterocycles. The highest BCUT2D eigenvalue weighted by Gasteiger charge is 2.51. The van der Waals surface area contributed by atoms with Crippen LogP contribution in [0.2, 0.25) is 0 Å². The zero-order valence-electron chi connectivity index (χ0n) is 14.2. The minimum absolute atomic E-state index is 0.200. The molecular formula is C20H21NO3. The van der Waals surface area contributed by atoms with Crippen molar-refractivity contribution in [3.8, 4) is 0 Å². The number of anilines is 1. The van der Waals surface area contributed by atoms with Crippen LogP contribution in [0.25, 0.3) is 0 Å². The fourth-order valence-electron chi connectivity index (χ4n) is 3.54. The molecular weight excluding hydrogens is 302 g/mol. The van der Waals surface area contributed by atoms with E-state index in [1.54, 1.807) is 4.90 Å². The number of amides is 1. The molecule has 0 aliphatic carbocycles. The third-order valence-corrected chi connectivity index (χ3v) is 4.56. The summed E-state index contributed by atoms with van der Waals surface area (Å²) in [6.07, 6.45) is -0.200. The van der Waals surface area contributed by atoms with Crippen molar-refractivity contribution < 1.29 is 14.7 Å². The van der Waals surface area contributed by atoms with Gasteiger partial charge in [0.1, 0.15) is 5.78 Å². The quantitative estimate of drug-likeness (QED) is 0.941. The first-order chi connectivity index (χ1) is 11.3. The molecule has 0 bridgehead atoms. The first-order valence-electron chi connectivity index (χ1n) is 8.03. The molecule has 0 saturated heterocycles. The van der Waals surface area contributed by atoms with Crippen molar-refractivity contribution in [2.45, 2.75) is 39.3 Å². The van der Waals surface area contributed by atoms with Gasteiger partial charge in [0.2, 0.25) is 0 Å². The molecule has 0 aromatic heterocycles. The molecule has 1 N–H and O–H groups in total. The van der Waals surface area contributed by atoms with Crippen LogP contribution < -0.4 is 4.90 Å². The van der Waals surface area contributed by atoms with Gasteiger partial charge in [0, 0.05) is 12.0 Å². The molecule has 1 atom stereocenters. The van der Waals surface area contributed by atoms with Crippen LogP contribution in [-0.2, 0) is 21.7 Å². The Kier molecular flexibility index (Phi) is 4.01. The van der Waals surface area contributed by atoms with Crippen molar-refractivity contribution in [3.05, 3.63) is 64.7 Å². The number of aryl methyl sites for hydroxylation is 2. The summed E-state index contributed by atoms with van der Waals surface area (Å²) in [5.41, 5.74) is 2.24. The summed E-state index contributed by atoms with van der Waals surface area (Å²) < 4.78 is 0. The van der Waals surface area contributed by atoms with Gasteiger partial charge in [-0.25, -0.2) is 0 Å². The second kappa shape index (κ2) is 5.87. The number of aliphatic hydroxyl groups is 1. The van der Waals surface area contributed by atoms with E-state index in [2.05, 4.69) is 0 Å². The zero-order valence-corrected chi connectivity index (χ0v) is 14.2. The molecule has 2 aromatic carbocycles. The predicted octanol–water partition coefficient (Wildman–Crippen LogP) is 3.02. The van der Waals surface area contributed by atoms with E-state index in [0.29, 0.717) is 12.1 Å². The van der Waals surface area contributed by atoms with Gasteiger partial charge in [-0.15, -0.1) is 0 Å². The molecule has 124 valence electrons. The molecule has 4 nitrogen and oxygen atoms in total. The number of rotatable bonds is 4. The largest absolute Gasteiger partial charge is 0.375 e. The van der Waals surface area contributed by atoms with E-state index in [-0.39, 0.29) is 12.2 Å². The Morgan fingerprint density at radius 2 is 1.71 bits per heavy atom. The van der Waals surface area contributed by atoms with Crippen LogP contribution in [0.4, 0.5) is 5.69 Å². The highest BCUT2D eigenvalue weighted by atomic mass is 16.3. The van der Waals surface area contributed by atoms with E-state index >= 15 is 0 Å². The number of hydrogen-bond acceptors (Lipinski definition) is 3. The topological polar surface area (TPSA) is 57.6 Å². The molecule has 1 heterocycles. The number of fused-ring (bicyclic) bond motifs is 1. The zero-order chi connectivity index (χ0) is 17.5. The van der Waals surface area contributed by atoms with Crippen LogP contribution in [0.1, 0.15) is 35.6 Å². The van der Waals surface area contributed by atoms with Gasteiger partial charge < -0.3 is 10.0 Å². The van der Waals surface area contributed by atoms with Crippen LogP contribution in [0.3, 0.4) is 0 Å². The molecule has 0 saturated carbocycles. The number of Topliss-reactive ketones (excluding diaryl/α,β-unsaturated/α-hetero) is 1. The fraction of sp³-hybridized carbons (Fsp3) is 0.300. The Labute approximate surface area is 141 Å². The Balaban J connectivity index is 2.15. The Bertz CT molecular complexity index is 813. The van der Waals surface area contributed by atoms with Gasteiger partial charge in [-0.2, -0.15) is 0 Å². The summed E-state index contributed by atoms with van der Waals surface area (Å²) in [4.78, 5) is 26.4. The number of carbonyl (C=O) groups excluding carboxylic acids is 2. The maximum absolute atomic E-state index is 13.1. The highest BCUT2D eigenvalue weighted by Crippen LogP contribution is 2.46. The summed E-state index contributed by atoms with van der Waals surface area (Å²) in [7, 11) is 0. The smallest absolute Gasteiger partial charge is 0.264 e. The van der Waals surface area contributed by atoms with Crippen LogP contribution >= 0.6 is 0 Å². The van der Waals surface area contributed by atoms with Gasteiger partial charge in [-0.3, -0.25) is 9.59 Å². The predicted molar refractivity (Wildman–Crippen MR) is 92.7 cm³/mol. The van der Waals surface area contributed by atoms with Gasteiger partial charge in [-0.1, -0.05) is 42.5 Å². The molecule has 24 heavy (non-hydrogen) atoms. The maximum Gasteiger partial charge on any atom is 0.264 e. The van der Waals surface area contributed by atoms with Crippen molar-refractivity contribution in [1.82, 2.24) is 0 Å². The van der Waals surface area contributed by atoms with E-state index in [0.717, 1.165) is 22.4 Å². The number of ketones is 1. The molecule has 1 amide bonds. The third kappa shape index (κ3) is 2.53. The highest BCUT2D eigenvalue weighted by molar-refractivity contribution is 6.09. The molecule has 0 unspecified atom stereocenters. The molecule has 3 rings (SSSR count). The average molecular weight is 323 g/mol. The van der Waals surface area contributed by atoms with Gasteiger partial charge in [0.25, 0.3) is 5.91 Å². The van der Waals surface area contributed by atoms with E-state index in [1.807, 2.05) is 56.3 Å². The first kappa shape index (κ1) is 16.4. The van der Waals surface area contributed by atoms with Crippen molar-refractivity contribution in [2.75, 3.05) is 4.90 Å². The Hall–Kier alpha value is -2.46. The molecule has 0 spiro atoms. The number of hydrogen-bond donors (Lipinski definition) is 1. The Morgan fingerprint density at radius 3 is 2.33 bits per heavy atom. The SMILES string of the molecule is CC(=O)C[C@@]1(O)C(=O)N(Cc2ccccc2)c2c(C)ccc(C)c21. The maximum atomic E-state index is 13.1. The lowest BCUT2D eigenvalue weighted by Crippen LogP contribution is -2.41. The van der Waals surface area contributed by atoms with Crippen LogP contribution in [0, 0.1) is 13.8 Å². The molecule has 0 fully saturated rings. The minimum Gasteiger partial charge on any atom is -0.375 e. The summed E-state index contributed by atoms with van der Waals surface area (Å²) in [6, 6.07) is 13.5. The molecule has 2 aromatic rings. The molecule has 4 heteroatoms. The summed E-state index contributed by atoms with van der Waals surface area (Å²) >= 11 is 0. The van der Waals surface area contributed by atoms with Crippen LogP contribution in [0.15, 0.2) is 42.5 Å². The molecule has 0 radical (unpaired) electrons. The third-order valence-electron chi connectivity index (χ3n) is 4.56. The molecule has 1 aliphatic rings. The Morgan fingerprint density at radius 1 is 1.08 bits per heavy atom. The van der Waals surface area contributed by atoms with Gasteiger partial charge in [0.15, 0.2) is 5.60 Å². The first-order valence-corrected chi connectivity index (χ1v) is 8.03. The van der Waals surface area contributed by atoms with E-state index < -0.39 is 11.5 Å². The second-order valence-corrected chi connectivity index (χ2v) is 6.54. The van der Waals surface area contributed by atoms with Gasteiger partial charge in [0.05, 0.1) is 12.2 Å². The van der Waals surface area contributed by atoms with Crippen molar-refractivity contribution in [2.24, 2.45) is 0 Å². The van der Waals surface area contributed by atoms with E-state index in [1.165, 1.54) is 6.92 Å². The van der Waals surface area contributed by atoms with Crippen molar-refractivity contribution >= 4 is 17.4 Å². The second-order valence-electron chi connectivity index (χ2n) is 6.54.